The largest absolute Gasteiger partial charge is 0.375 e. The zero-order valence-corrected chi connectivity index (χ0v) is 11.8. The number of carbonyl (C=O) groups is 1. The van der Waals surface area contributed by atoms with Crippen LogP contribution in [0.2, 0.25) is 5.02 Å². The van der Waals surface area contributed by atoms with Gasteiger partial charge in [-0.2, -0.15) is 4.98 Å². The summed E-state index contributed by atoms with van der Waals surface area (Å²) < 4.78 is 9.87. The normalized spacial score (nSPS) is 12.2. The number of halogens is 1. The van der Waals surface area contributed by atoms with Gasteiger partial charge in [0.15, 0.2) is 0 Å². The van der Waals surface area contributed by atoms with Crippen LogP contribution in [0.3, 0.4) is 0 Å². The minimum Gasteiger partial charge on any atom is -0.375 e. The molecule has 2 aromatic rings. The number of nitrogens with zero attached hydrogens (tertiary/aromatic N) is 2. The summed E-state index contributed by atoms with van der Waals surface area (Å²) in [6, 6.07) is 6.74. The molecule has 1 heterocycles. The lowest BCUT2D eigenvalue weighted by Crippen LogP contribution is -2.29. The number of benzene rings is 1. The number of rotatable bonds is 5. The van der Waals surface area contributed by atoms with Gasteiger partial charge < -0.3 is 14.6 Å². The highest BCUT2D eigenvalue weighted by Gasteiger charge is 2.17. The summed E-state index contributed by atoms with van der Waals surface area (Å²) in [5, 5.41) is 7.15. The molecule has 0 aliphatic carbocycles. The van der Waals surface area contributed by atoms with Gasteiger partial charge in [-0.1, -0.05) is 28.9 Å². The van der Waals surface area contributed by atoms with Gasteiger partial charge in [0.1, 0.15) is 12.6 Å². The van der Waals surface area contributed by atoms with Crippen LogP contribution in [0.5, 0.6) is 0 Å². The van der Waals surface area contributed by atoms with E-state index >= 15 is 0 Å². The number of hydrogen-bond acceptors (Lipinski definition) is 5. The SMILES string of the molecule is COCC(=O)NC(C)c1nc(-c2cccc(Cl)c2)no1. The molecule has 0 saturated heterocycles. The Bertz CT molecular complexity index is 600. The van der Waals surface area contributed by atoms with Crippen molar-refractivity contribution in [1.29, 1.82) is 0 Å². The molecule has 1 aromatic carbocycles. The van der Waals surface area contributed by atoms with Gasteiger partial charge in [0.25, 0.3) is 0 Å². The monoisotopic (exact) mass is 295 g/mol. The van der Waals surface area contributed by atoms with E-state index in [9.17, 15) is 4.79 Å². The molecule has 1 N–H and O–H groups in total. The maximum absolute atomic E-state index is 11.4. The van der Waals surface area contributed by atoms with E-state index < -0.39 is 6.04 Å². The number of nitrogens with one attached hydrogen (secondary N) is 1. The van der Waals surface area contributed by atoms with Crippen molar-refractivity contribution in [2.24, 2.45) is 0 Å². The Labute approximate surface area is 121 Å². The fourth-order valence-electron chi connectivity index (χ4n) is 1.63. The van der Waals surface area contributed by atoms with E-state index in [1.165, 1.54) is 7.11 Å². The number of aromatic nitrogens is 2. The lowest BCUT2D eigenvalue weighted by molar-refractivity contribution is -0.125. The van der Waals surface area contributed by atoms with E-state index in [1.54, 1.807) is 25.1 Å². The summed E-state index contributed by atoms with van der Waals surface area (Å²) in [6.45, 7) is 1.74. The van der Waals surface area contributed by atoms with Crippen molar-refractivity contribution in [2.45, 2.75) is 13.0 Å². The van der Waals surface area contributed by atoms with Crippen LogP contribution in [0, 0.1) is 0 Å². The molecule has 0 aliphatic rings. The minimum atomic E-state index is -0.391. The second-order valence-electron chi connectivity index (χ2n) is 4.19. The summed E-state index contributed by atoms with van der Waals surface area (Å²) in [6.07, 6.45) is 0. The van der Waals surface area contributed by atoms with Crippen LogP contribution < -0.4 is 5.32 Å². The lowest BCUT2D eigenvalue weighted by atomic mass is 10.2. The first-order valence-corrected chi connectivity index (χ1v) is 6.36. The Balaban J connectivity index is 2.10. The predicted octanol–water partition coefficient (Wildman–Crippen LogP) is 2.21. The molecule has 2 rings (SSSR count). The van der Waals surface area contributed by atoms with Crippen molar-refractivity contribution >= 4 is 17.5 Å². The minimum absolute atomic E-state index is 0.0143. The molecule has 1 unspecified atom stereocenters. The standard InChI is InChI=1S/C13H14ClN3O3/c1-8(15-11(18)7-19-2)13-16-12(17-20-13)9-4-3-5-10(14)6-9/h3-6,8H,7H2,1-2H3,(H,15,18). The number of amides is 1. The predicted molar refractivity (Wildman–Crippen MR) is 73.2 cm³/mol. The van der Waals surface area contributed by atoms with Crippen LogP contribution in [0.4, 0.5) is 0 Å². The Morgan fingerprint density at radius 1 is 1.55 bits per heavy atom. The summed E-state index contributed by atoms with van der Waals surface area (Å²) in [5.74, 6) is 0.502. The average molecular weight is 296 g/mol. The molecule has 20 heavy (non-hydrogen) atoms. The first-order valence-electron chi connectivity index (χ1n) is 5.98. The van der Waals surface area contributed by atoms with Crippen LogP contribution in [-0.2, 0) is 9.53 Å². The zero-order chi connectivity index (χ0) is 14.5. The summed E-state index contributed by atoms with van der Waals surface area (Å²) in [7, 11) is 1.45. The summed E-state index contributed by atoms with van der Waals surface area (Å²) >= 11 is 5.91. The first-order chi connectivity index (χ1) is 9.60. The molecule has 6 nitrogen and oxygen atoms in total. The van der Waals surface area contributed by atoms with Gasteiger partial charge in [0.2, 0.25) is 17.6 Å². The Morgan fingerprint density at radius 3 is 3.05 bits per heavy atom. The highest BCUT2D eigenvalue weighted by molar-refractivity contribution is 6.30. The molecule has 0 aliphatic heterocycles. The fourth-order valence-corrected chi connectivity index (χ4v) is 1.82. The van der Waals surface area contributed by atoms with E-state index in [1.807, 2.05) is 6.07 Å². The number of methoxy groups -OCH3 is 1. The molecule has 1 amide bonds. The number of hydrogen-bond donors (Lipinski definition) is 1. The molecule has 1 atom stereocenters. The maximum Gasteiger partial charge on any atom is 0.249 e. The van der Waals surface area contributed by atoms with Gasteiger partial charge in [-0.15, -0.1) is 0 Å². The molecule has 0 spiro atoms. The van der Waals surface area contributed by atoms with Crippen LogP contribution >= 0.6 is 11.6 Å². The maximum atomic E-state index is 11.4. The Hall–Kier alpha value is -1.92. The highest BCUT2D eigenvalue weighted by Crippen LogP contribution is 2.21. The van der Waals surface area contributed by atoms with Gasteiger partial charge in [0.05, 0.1) is 0 Å². The molecule has 7 heteroatoms. The molecule has 0 bridgehead atoms. The zero-order valence-electron chi connectivity index (χ0n) is 11.1. The molecule has 0 radical (unpaired) electrons. The lowest BCUT2D eigenvalue weighted by Gasteiger charge is -2.08. The van der Waals surface area contributed by atoms with Crippen LogP contribution in [-0.4, -0.2) is 29.8 Å². The van der Waals surface area contributed by atoms with Crippen LogP contribution in [0.15, 0.2) is 28.8 Å². The van der Waals surface area contributed by atoms with Crippen molar-refractivity contribution in [3.63, 3.8) is 0 Å². The second kappa shape index (κ2) is 6.49. The third-order valence-electron chi connectivity index (χ3n) is 2.55. The van der Waals surface area contributed by atoms with Gasteiger partial charge in [0, 0.05) is 17.7 Å². The van der Waals surface area contributed by atoms with Crippen molar-refractivity contribution < 1.29 is 14.1 Å². The third-order valence-corrected chi connectivity index (χ3v) is 2.78. The average Bonchev–Trinajstić information content (AvgIpc) is 2.88. The fraction of sp³-hybridized carbons (Fsp3) is 0.308. The van der Waals surface area contributed by atoms with Crippen molar-refractivity contribution in [1.82, 2.24) is 15.5 Å². The van der Waals surface area contributed by atoms with Gasteiger partial charge >= 0.3 is 0 Å². The van der Waals surface area contributed by atoms with E-state index in [0.29, 0.717) is 16.7 Å². The first kappa shape index (κ1) is 14.5. The summed E-state index contributed by atoms with van der Waals surface area (Å²) in [4.78, 5) is 15.6. The van der Waals surface area contributed by atoms with Gasteiger partial charge in [-0.05, 0) is 19.1 Å². The molecule has 0 saturated carbocycles. The van der Waals surface area contributed by atoms with Gasteiger partial charge in [-0.25, -0.2) is 0 Å². The second-order valence-corrected chi connectivity index (χ2v) is 4.63. The number of carbonyl (C=O) groups excluding carboxylic acids is 1. The Kier molecular flexibility index (Phi) is 4.70. The van der Waals surface area contributed by atoms with E-state index in [2.05, 4.69) is 15.5 Å². The molecular weight excluding hydrogens is 282 g/mol. The number of ether oxygens (including phenoxy) is 1. The van der Waals surface area contributed by atoms with Crippen LogP contribution in [0.25, 0.3) is 11.4 Å². The topological polar surface area (TPSA) is 77.2 Å². The van der Waals surface area contributed by atoms with Crippen molar-refractivity contribution in [3.05, 3.63) is 35.2 Å². The smallest absolute Gasteiger partial charge is 0.249 e. The third kappa shape index (κ3) is 3.55. The van der Waals surface area contributed by atoms with Crippen molar-refractivity contribution in [2.75, 3.05) is 13.7 Å². The molecule has 1 aromatic heterocycles. The quantitative estimate of drug-likeness (QED) is 0.915. The highest BCUT2D eigenvalue weighted by atomic mass is 35.5. The Morgan fingerprint density at radius 2 is 2.35 bits per heavy atom. The van der Waals surface area contributed by atoms with Crippen molar-refractivity contribution in [3.8, 4) is 11.4 Å². The van der Waals surface area contributed by atoms with Gasteiger partial charge in [-0.3, -0.25) is 4.79 Å². The van der Waals surface area contributed by atoms with E-state index in [-0.39, 0.29) is 12.5 Å². The van der Waals surface area contributed by atoms with E-state index in [0.717, 1.165) is 5.56 Å². The molecule has 106 valence electrons. The van der Waals surface area contributed by atoms with Crippen LogP contribution in [0.1, 0.15) is 18.9 Å². The summed E-state index contributed by atoms with van der Waals surface area (Å²) in [5.41, 5.74) is 0.753. The molecular formula is C13H14ClN3O3. The molecule has 0 fully saturated rings. The van der Waals surface area contributed by atoms with E-state index in [4.69, 9.17) is 20.9 Å².